The first-order valence-electron chi connectivity index (χ1n) is 7.44. The van der Waals surface area contributed by atoms with Crippen molar-refractivity contribution >= 4 is 23.3 Å². The second-order valence-electron chi connectivity index (χ2n) is 5.48. The molecule has 0 saturated carbocycles. The molecule has 0 unspecified atom stereocenters. The first kappa shape index (κ1) is 18.4. The number of fused-ring (bicyclic) bond motifs is 1. The van der Waals surface area contributed by atoms with Gasteiger partial charge in [-0.1, -0.05) is 0 Å². The van der Waals surface area contributed by atoms with E-state index in [1.807, 2.05) is 0 Å². The van der Waals surface area contributed by atoms with E-state index in [0.717, 1.165) is 12.1 Å². The first-order chi connectivity index (χ1) is 12.2. The van der Waals surface area contributed by atoms with Crippen LogP contribution in [0, 0.1) is 0 Å². The molecule has 0 fully saturated rings. The average molecular weight is 385 g/mol. The maximum Gasteiger partial charge on any atom is 0.475 e. The summed E-state index contributed by atoms with van der Waals surface area (Å²) in [6, 6.07) is 6.36. The molecule has 0 atom stereocenters. The van der Waals surface area contributed by atoms with Crippen LogP contribution >= 0.6 is 11.8 Å². The summed E-state index contributed by atoms with van der Waals surface area (Å²) in [5.74, 6) is -1.14. The van der Waals surface area contributed by atoms with Crippen LogP contribution in [0.1, 0.15) is 33.6 Å². The van der Waals surface area contributed by atoms with Crippen LogP contribution in [0.4, 0.5) is 17.6 Å². The van der Waals surface area contributed by atoms with Gasteiger partial charge in [-0.3, -0.25) is 14.6 Å². The SMILES string of the molecule is O=C(CCC(=O)c1ccc2c(c1)SC(F)(F)C(F)(F)O2)c1ccncc1. The van der Waals surface area contributed by atoms with E-state index >= 15 is 0 Å². The van der Waals surface area contributed by atoms with Gasteiger partial charge in [0.1, 0.15) is 5.75 Å². The molecule has 0 aliphatic carbocycles. The third kappa shape index (κ3) is 3.57. The monoisotopic (exact) mass is 385 g/mol. The van der Waals surface area contributed by atoms with Crippen molar-refractivity contribution in [1.82, 2.24) is 4.98 Å². The molecule has 0 spiro atoms. The highest BCUT2D eigenvalue weighted by molar-refractivity contribution is 8.00. The summed E-state index contributed by atoms with van der Waals surface area (Å²) in [7, 11) is 0. The van der Waals surface area contributed by atoms with Gasteiger partial charge in [0.15, 0.2) is 11.6 Å². The van der Waals surface area contributed by atoms with E-state index in [1.165, 1.54) is 30.6 Å². The number of carbonyl (C=O) groups excluding carboxylic acids is 2. The lowest BCUT2D eigenvalue weighted by Gasteiger charge is -2.31. The molecule has 1 aromatic carbocycles. The number of nitrogens with zero attached hydrogens (tertiary/aromatic N) is 1. The zero-order valence-electron chi connectivity index (χ0n) is 13.0. The van der Waals surface area contributed by atoms with Crippen LogP contribution in [0.15, 0.2) is 47.6 Å². The lowest BCUT2D eigenvalue weighted by atomic mass is 10.0. The molecule has 1 aromatic heterocycles. The van der Waals surface area contributed by atoms with E-state index in [-0.39, 0.29) is 40.8 Å². The number of hydrogen-bond acceptors (Lipinski definition) is 5. The Morgan fingerprint density at radius 1 is 0.962 bits per heavy atom. The number of ketones is 2. The minimum absolute atomic E-state index is 0.0448. The van der Waals surface area contributed by atoms with Crippen LogP contribution in [-0.4, -0.2) is 27.9 Å². The molecule has 0 radical (unpaired) electrons. The first-order valence-corrected chi connectivity index (χ1v) is 8.25. The molecular weight excluding hydrogens is 374 g/mol. The zero-order chi connectivity index (χ0) is 18.9. The minimum Gasteiger partial charge on any atom is -0.426 e. The Hall–Kier alpha value is -2.42. The van der Waals surface area contributed by atoms with E-state index in [9.17, 15) is 27.2 Å². The van der Waals surface area contributed by atoms with E-state index < -0.39 is 22.9 Å². The standard InChI is InChI=1S/C17H11F4NO3S/c18-16(19)17(20,21)26-15-9-11(1-4-14(15)25-16)13(24)3-2-12(23)10-5-7-22-8-6-10/h1,4-9H,2-3H2. The van der Waals surface area contributed by atoms with Crippen molar-refractivity contribution in [3.05, 3.63) is 53.9 Å². The lowest BCUT2D eigenvalue weighted by molar-refractivity contribution is -0.273. The Morgan fingerprint density at radius 2 is 1.58 bits per heavy atom. The maximum absolute atomic E-state index is 13.4. The van der Waals surface area contributed by atoms with Crippen molar-refractivity contribution in [3.8, 4) is 5.75 Å². The fourth-order valence-electron chi connectivity index (χ4n) is 2.29. The third-order valence-electron chi connectivity index (χ3n) is 3.66. The highest BCUT2D eigenvalue weighted by Crippen LogP contribution is 2.54. The summed E-state index contributed by atoms with van der Waals surface area (Å²) in [4.78, 5) is 27.7. The Kier molecular flexibility index (Phi) is 4.74. The van der Waals surface area contributed by atoms with Crippen LogP contribution in [0.5, 0.6) is 5.75 Å². The molecule has 136 valence electrons. The smallest absolute Gasteiger partial charge is 0.426 e. The molecule has 2 aromatic rings. The molecule has 0 amide bonds. The van der Waals surface area contributed by atoms with Gasteiger partial charge in [0, 0.05) is 36.4 Å². The summed E-state index contributed by atoms with van der Waals surface area (Å²) in [5.41, 5.74) is 0.451. The second-order valence-corrected chi connectivity index (χ2v) is 6.64. The van der Waals surface area contributed by atoms with Crippen molar-refractivity contribution in [2.24, 2.45) is 0 Å². The summed E-state index contributed by atoms with van der Waals surface area (Å²) < 4.78 is 57.2. The second kappa shape index (κ2) is 6.71. The molecule has 1 aliphatic heterocycles. The quantitative estimate of drug-likeness (QED) is 0.556. The van der Waals surface area contributed by atoms with Crippen LogP contribution in [0.3, 0.4) is 0 Å². The number of ether oxygens (including phenoxy) is 1. The number of hydrogen-bond donors (Lipinski definition) is 0. The summed E-state index contributed by atoms with van der Waals surface area (Å²) >= 11 is -0.360. The van der Waals surface area contributed by atoms with E-state index in [1.54, 1.807) is 0 Å². The fraction of sp³-hybridized carbons (Fsp3) is 0.235. The van der Waals surface area contributed by atoms with E-state index in [2.05, 4.69) is 9.72 Å². The number of aromatic nitrogens is 1. The Labute approximate surface area is 149 Å². The van der Waals surface area contributed by atoms with Gasteiger partial charge in [0.25, 0.3) is 0 Å². The van der Waals surface area contributed by atoms with Crippen LogP contribution in [0.25, 0.3) is 0 Å². The largest absolute Gasteiger partial charge is 0.475 e. The third-order valence-corrected chi connectivity index (χ3v) is 4.70. The predicted molar refractivity (Wildman–Crippen MR) is 85.0 cm³/mol. The number of pyridine rings is 1. The molecule has 9 heteroatoms. The number of rotatable bonds is 5. The molecule has 0 bridgehead atoms. The van der Waals surface area contributed by atoms with Gasteiger partial charge >= 0.3 is 11.4 Å². The zero-order valence-corrected chi connectivity index (χ0v) is 13.9. The van der Waals surface area contributed by atoms with Crippen molar-refractivity contribution < 1.29 is 31.9 Å². The highest BCUT2D eigenvalue weighted by atomic mass is 32.2. The maximum atomic E-state index is 13.4. The van der Waals surface area contributed by atoms with Crippen molar-refractivity contribution in [3.63, 3.8) is 0 Å². The molecule has 1 aliphatic rings. The molecule has 0 N–H and O–H groups in total. The molecule has 3 rings (SSSR count). The molecule has 0 saturated heterocycles. The topological polar surface area (TPSA) is 56.3 Å². The molecule has 26 heavy (non-hydrogen) atoms. The Morgan fingerprint density at radius 3 is 2.23 bits per heavy atom. The van der Waals surface area contributed by atoms with E-state index in [0.29, 0.717) is 5.56 Å². The molecule has 2 heterocycles. The number of benzene rings is 1. The number of carbonyl (C=O) groups is 2. The van der Waals surface area contributed by atoms with Gasteiger partial charge in [-0.05, 0) is 42.1 Å². The van der Waals surface area contributed by atoms with Gasteiger partial charge in [-0.15, -0.1) is 0 Å². The number of Topliss-reactive ketones (excluding diaryl/α,β-unsaturated/α-hetero) is 2. The average Bonchev–Trinajstić information content (AvgIpc) is 2.60. The van der Waals surface area contributed by atoms with Gasteiger partial charge in [-0.25, -0.2) is 0 Å². The van der Waals surface area contributed by atoms with Gasteiger partial charge in [0.2, 0.25) is 0 Å². The minimum atomic E-state index is -4.63. The van der Waals surface area contributed by atoms with Crippen LogP contribution in [-0.2, 0) is 0 Å². The lowest BCUT2D eigenvalue weighted by Crippen LogP contribution is -2.45. The molecular formula is C17H11F4NO3S. The number of halogens is 4. The van der Waals surface area contributed by atoms with Crippen molar-refractivity contribution in [2.75, 3.05) is 0 Å². The summed E-state index contributed by atoms with van der Waals surface area (Å²) in [5, 5.41) is -4.45. The Bertz CT molecular complexity index is 858. The van der Waals surface area contributed by atoms with Crippen LogP contribution in [0.2, 0.25) is 0 Å². The number of alkyl halides is 4. The highest BCUT2D eigenvalue weighted by Gasteiger charge is 2.63. The normalized spacial score (nSPS) is 17.1. The molecule has 4 nitrogen and oxygen atoms in total. The summed E-state index contributed by atoms with van der Waals surface area (Å²) in [6.45, 7) is 0. The Balaban J connectivity index is 1.71. The predicted octanol–water partition coefficient (Wildman–Crippen LogP) is 4.60. The fourth-order valence-corrected chi connectivity index (χ4v) is 3.13. The van der Waals surface area contributed by atoms with Crippen molar-refractivity contribution in [1.29, 1.82) is 0 Å². The van der Waals surface area contributed by atoms with Gasteiger partial charge in [-0.2, -0.15) is 17.6 Å². The number of thioether (sulfide) groups is 1. The van der Waals surface area contributed by atoms with Crippen LogP contribution < -0.4 is 4.74 Å². The van der Waals surface area contributed by atoms with Gasteiger partial charge in [0.05, 0.1) is 4.90 Å². The van der Waals surface area contributed by atoms with E-state index in [4.69, 9.17) is 0 Å². The summed E-state index contributed by atoms with van der Waals surface area (Å²) in [6.07, 6.45) is -1.94. The van der Waals surface area contributed by atoms with Crippen molar-refractivity contribution in [2.45, 2.75) is 29.1 Å². The van der Waals surface area contributed by atoms with Gasteiger partial charge < -0.3 is 4.74 Å².